The van der Waals surface area contributed by atoms with Crippen LogP contribution in [0, 0.1) is 5.92 Å². The Hall–Kier alpha value is -0.220. The van der Waals surface area contributed by atoms with Crippen molar-refractivity contribution in [3.8, 4) is 0 Å². The molecule has 0 aromatic rings. The number of aliphatic hydroxyl groups excluding tert-OH is 1. The number of aliphatic hydroxyl groups is 1. The van der Waals surface area contributed by atoms with E-state index >= 15 is 0 Å². The third-order valence-corrected chi connectivity index (χ3v) is 4.32. The van der Waals surface area contributed by atoms with E-state index in [1.54, 1.807) is 6.92 Å². The molecule has 1 saturated carbocycles. The van der Waals surface area contributed by atoms with Crippen LogP contribution < -0.4 is 5.32 Å². The van der Waals surface area contributed by atoms with Crippen LogP contribution in [0.5, 0.6) is 0 Å². The number of rotatable bonds is 6. The Morgan fingerprint density at radius 2 is 2.20 bits per heavy atom. The molecule has 15 heavy (non-hydrogen) atoms. The summed E-state index contributed by atoms with van der Waals surface area (Å²) in [6.45, 7) is 4.53. The minimum Gasteiger partial charge on any atom is -0.392 e. The second-order valence-corrected chi connectivity index (χ2v) is 5.72. The molecule has 1 aliphatic rings. The van der Waals surface area contributed by atoms with Crippen molar-refractivity contribution in [1.29, 1.82) is 0 Å². The lowest BCUT2D eigenvalue weighted by atomic mass is 9.85. The van der Waals surface area contributed by atoms with Gasteiger partial charge >= 0.3 is 0 Å². The fourth-order valence-corrected chi connectivity index (χ4v) is 2.15. The quantitative estimate of drug-likeness (QED) is 0.726. The molecule has 0 bridgehead atoms. The van der Waals surface area contributed by atoms with Crippen molar-refractivity contribution in [3.05, 3.63) is 0 Å². The van der Waals surface area contributed by atoms with Gasteiger partial charge < -0.3 is 10.4 Å². The molecule has 1 aliphatic carbocycles. The van der Waals surface area contributed by atoms with Crippen LogP contribution in [0.4, 0.5) is 0 Å². The molecular formula is C11H21NO2S. The van der Waals surface area contributed by atoms with Crippen LogP contribution in [-0.2, 0) is 4.79 Å². The number of hydrogen-bond acceptors (Lipinski definition) is 3. The summed E-state index contributed by atoms with van der Waals surface area (Å²) in [6, 6.07) is 0. The molecule has 0 aromatic heterocycles. The highest BCUT2D eigenvalue weighted by atomic mass is 32.2. The molecular weight excluding hydrogens is 210 g/mol. The van der Waals surface area contributed by atoms with Crippen LogP contribution in [0.3, 0.4) is 0 Å². The van der Waals surface area contributed by atoms with Gasteiger partial charge in [-0.25, -0.2) is 0 Å². The Kier molecular flexibility index (Phi) is 5.47. The van der Waals surface area contributed by atoms with Gasteiger partial charge in [-0.15, -0.1) is 11.8 Å². The predicted octanol–water partition coefficient (Wildman–Crippen LogP) is 1.41. The molecule has 2 atom stereocenters. The van der Waals surface area contributed by atoms with Gasteiger partial charge in [-0.05, 0) is 25.7 Å². The van der Waals surface area contributed by atoms with Crippen LogP contribution in [0.15, 0.2) is 0 Å². The summed E-state index contributed by atoms with van der Waals surface area (Å²) in [6.07, 6.45) is 3.48. The zero-order chi connectivity index (χ0) is 11.3. The van der Waals surface area contributed by atoms with Crippen LogP contribution in [0.2, 0.25) is 0 Å². The highest BCUT2D eigenvalue weighted by molar-refractivity contribution is 8.00. The Bertz CT molecular complexity index is 205. The van der Waals surface area contributed by atoms with Crippen molar-refractivity contribution in [2.45, 2.75) is 44.5 Å². The van der Waals surface area contributed by atoms with Gasteiger partial charge in [-0.1, -0.05) is 13.3 Å². The standard InChI is InChI=1S/C11H21NO2S/c1-8(13)9(2)15-7-11(14)12-6-10-4-3-5-10/h8-10,13H,3-7H2,1-2H3,(H,12,14)/t8-,9+/m1/s1. The lowest BCUT2D eigenvalue weighted by molar-refractivity contribution is -0.118. The molecule has 0 aromatic carbocycles. The van der Waals surface area contributed by atoms with Gasteiger partial charge in [0.25, 0.3) is 0 Å². The van der Waals surface area contributed by atoms with Crippen LogP contribution in [0.1, 0.15) is 33.1 Å². The summed E-state index contributed by atoms with van der Waals surface area (Å²) in [4.78, 5) is 11.4. The van der Waals surface area contributed by atoms with Crippen LogP contribution in [-0.4, -0.2) is 34.7 Å². The number of thioether (sulfide) groups is 1. The number of carbonyl (C=O) groups is 1. The third kappa shape index (κ3) is 4.89. The maximum absolute atomic E-state index is 11.4. The van der Waals surface area contributed by atoms with Crippen molar-refractivity contribution in [2.24, 2.45) is 5.92 Å². The number of nitrogens with one attached hydrogen (secondary N) is 1. The average molecular weight is 231 g/mol. The maximum Gasteiger partial charge on any atom is 0.230 e. The average Bonchev–Trinajstić information content (AvgIpc) is 2.11. The molecule has 1 rings (SSSR count). The SMILES string of the molecule is C[C@H](SCC(=O)NCC1CCC1)[C@@H](C)O. The van der Waals surface area contributed by atoms with Gasteiger partial charge in [0.15, 0.2) is 0 Å². The number of hydrogen-bond donors (Lipinski definition) is 2. The first-order chi connectivity index (χ1) is 7.09. The van der Waals surface area contributed by atoms with Gasteiger partial charge in [0, 0.05) is 11.8 Å². The minimum atomic E-state index is -0.352. The summed E-state index contributed by atoms with van der Waals surface area (Å²) in [5.74, 6) is 1.27. The fraction of sp³-hybridized carbons (Fsp3) is 0.909. The fourth-order valence-electron chi connectivity index (χ4n) is 1.35. The summed E-state index contributed by atoms with van der Waals surface area (Å²) in [5.41, 5.74) is 0. The van der Waals surface area contributed by atoms with Crippen LogP contribution >= 0.6 is 11.8 Å². The van der Waals surface area contributed by atoms with E-state index in [-0.39, 0.29) is 17.3 Å². The largest absolute Gasteiger partial charge is 0.392 e. The highest BCUT2D eigenvalue weighted by Gasteiger charge is 2.18. The summed E-state index contributed by atoms with van der Waals surface area (Å²) in [5, 5.41) is 12.3. The molecule has 0 spiro atoms. The van der Waals surface area contributed by atoms with Crippen LogP contribution in [0.25, 0.3) is 0 Å². The molecule has 88 valence electrons. The Balaban J connectivity index is 2.02. The van der Waals surface area contributed by atoms with Crippen molar-refractivity contribution >= 4 is 17.7 Å². The maximum atomic E-state index is 11.4. The first kappa shape index (κ1) is 12.8. The predicted molar refractivity (Wildman–Crippen MR) is 64.0 cm³/mol. The van der Waals surface area contributed by atoms with E-state index < -0.39 is 0 Å². The Morgan fingerprint density at radius 3 is 2.67 bits per heavy atom. The molecule has 4 heteroatoms. The number of carbonyl (C=O) groups excluding carboxylic acids is 1. The highest BCUT2D eigenvalue weighted by Crippen LogP contribution is 2.25. The van der Waals surface area contributed by atoms with E-state index in [4.69, 9.17) is 0 Å². The van der Waals surface area contributed by atoms with E-state index in [1.165, 1.54) is 31.0 Å². The Labute approximate surface area is 96.0 Å². The van der Waals surface area contributed by atoms with E-state index in [0.29, 0.717) is 11.7 Å². The molecule has 0 aliphatic heterocycles. The molecule has 2 N–H and O–H groups in total. The molecule has 0 heterocycles. The zero-order valence-electron chi connectivity index (χ0n) is 9.53. The van der Waals surface area contributed by atoms with Gasteiger partial charge in [0.05, 0.1) is 11.9 Å². The van der Waals surface area contributed by atoms with Gasteiger partial charge in [0.2, 0.25) is 5.91 Å². The molecule has 0 saturated heterocycles. The van der Waals surface area contributed by atoms with E-state index in [1.807, 2.05) is 6.92 Å². The smallest absolute Gasteiger partial charge is 0.230 e. The normalized spacial score (nSPS) is 20.5. The first-order valence-corrected chi connectivity index (χ1v) is 6.71. The van der Waals surface area contributed by atoms with Crippen molar-refractivity contribution in [3.63, 3.8) is 0 Å². The van der Waals surface area contributed by atoms with E-state index in [0.717, 1.165) is 6.54 Å². The molecule has 0 unspecified atom stereocenters. The number of amides is 1. The topological polar surface area (TPSA) is 49.3 Å². The van der Waals surface area contributed by atoms with Gasteiger partial charge in [-0.3, -0.25) is 4.79 Å². The van der Waals surface area contributed by atoms with E-state index in [2.05, 4.69) is 5.32 Å². The van der Waals surface area contributed by atoms with Crippen molar-refractivity contribution < 1.29 is 9.90 Å². The second-order valence-electron chi connectivity index (χ2n) is 4.36. The first-order valence-electron chi connectivity index (χ1n) is 5.66. The lowest BCUT2D eigenvalue weighted by Gasteiger charge is -2.25. The zero-order valence-corrected chi connectivity index (χ0v) is 10.3. The third-order valence-electron chi connectivity index (χ3n) is 2.97. The molecule has 0 radical (unpaired) electrons. The summed E-state index contributed by atoms with van der Waals surface area (Å²) in [7, 11) is 0. The lowest BCUT2D eigenvalue weighted by Crippen LogP contribution is -2.33. The molecule has 1 fully saturated rings. The van der Waals surface area contributed by atoms with Crippen molar-refractivity contribution in [1.82, 2.24) is 5.32 Å². The van der Waals surface area contributed by atoms with Crippen molar-refractivity contribution in [2.75, 3.05) is 12.3 Å². The van der Waals surface area contributed by atoms with Gasteiger partial charge in [-0.2, -0.15) is 0 Å². The second kappa shape index (κ2) is 6.38. The minimum absolute atomic E-state index is 0.0967. The summed E-state index contributed by atoms with van der Waals surface area (Å²) >= 11 is 1.51. The Morgan fingerprint density at radius 1 is 1.53 bits per heavy atom. The van der Waals surface area contributed by atoms with E-state index in [9.17, 15) is 9.90 Å². The molecule has 3 nitrogen and oxygen atoms in total. The summed E-state index contributed by atoms with van der Waals surface area (Å²) < 4.78 is 0. The van der Waals surface area contributed by atoms with Gasteiger partial charge in [0.1, 0.15) is 0 Å². The monoisotopic (exact) mass is 231 g/mol. The molecule has 1 amide bonds.